The van der Waals surface area contributed by atoms with Crippen LogP contribution >= 0.6 is 15.9 Å². The van der Waals surface area contributed by atoms with Gasteiger partial charge in [-0.05, 0) is 47.3 Å². The lowest BCUT2D eigenvalue weighted by molar-refractivity contribution is 0.258. The maximum atomic E-state index is 10.8. The number of hydrogen-bond acceptors (Lipinski definition) is 4. The van der Waals surface area contributed by atoms with Crippen molar-refractivity contribution >= 4 is 43.9 Å². The number of isocyanates is 1. The van der Waals surface area contributed by atoms with Gasteiger partial charge in [-0.25, -0.2) is 4.79 Å². The van der Waals surface area contributed by atoms with Crippen molar-refractivity contribution in [2.45, 2.75) is 24.8 Å². The fourth-order valence-electron chi connectivity index (χ4n) is 3.08. The summed E-state index contributed by atoms with van der Waals surface area (Å²) in [6.45, 7) is 0. The highest BCUT2D eigenvalue weighted by molar-refractivity contribution is 9.10. The molecule has 0 N–H and O–H groups in total. The van der Waals surface area contributed by atoms with Crippen molar-refractivity contribution in [3.8, 4) is 0 Å². The van der Waals surface area contributed by atoms with E-state index < -0.39 is 5.54 Å². The maximum Gasteiger partial charge on any atom is 0.235 e. The highest BCUT2D eigenvalue weighted by atomic mass is 79.9. The highest BCUT2D eigenvalue weighted by Gasteiger charge is 2.43. The molecular formula is C15H10BrNO3. The van der Waals surface area contributed by atoms with Crippen LogP contribution in [0.1, 0.15) is 24.8 Å². The van der Waals surface area contributed by atoms with Gasteiger partial charge >= 0.3 is 0 Å². The van der Waals surface area contributed by atoms with Crippen molar-refractivity contribution < 1.29 is 13.6 Å². The van der Waals surface area contributed by atoms with E-state index in [0.29, 0.717) is 0 Å². The molecule has 0 bridgehead atoms. The third kappa shape index (κ3) is 1.37. The van der Waals surface area contributed by atoms with Crippen LogP contribution in [0.2, 0.25) is 0 Å². The van der Waals surface area contributed by atoms with Crippen LogP contribution in [-0.2, 0) is 10.3 Å². The van der Waals surface area contributed by atoms with Crippen LogP contribution in [0.25, 0.3) is 21.9 Å². The molecule has 0 atom stereocenters. The first-order valence-corrected chi connectivity index (χ1v) is 7.21. The summed E-state index contributed by atoms with van der Waals surface area (Å²) in [7, 11) is 0. The summed E-state index contributed by atoms with van der Waals surface area (Å²) < 4.78 is 12.1. The molecule has 2 aromatic heterocycles. The Morgan fingerprint density at radius 2 is 1.85 bits per heavy atom. The number of benzene rings is 1. The van der Waals surface area contributed by atoms with Gasteiger partial charge in [0.05, 0.1) is 17.0 Å². The third-order valence-electron chi connectivity index (χ3n) is 4.17. The molecule has 0 radical (unpaired) electrons. The zero-order valence-electron chi connectivity index (χ0n) is 10.5. The largest absolute Gasteiger partial charge is 0.464 e. The molecule has 0 saturated heterocycles. The van der Waals surface area contributed by atoms with Crippen LogP contribution in [0.3, 0.4) is 0 Å². The van der Waals surface area contributed by atoms with Gasteiger partial charge < -0.3 is 8.83 Å². The van der Waals surface area contributed by atoms with Crippen LogP contribution < -0.4 is 0 Å². The summed E-state index contributed by atoms with van der Waals surface area (Å²) in [5.74, 6) is 0. The van der Waals surface area contributed by atoms with Crippen molar-refractivity contribution in [1.82, 2.24) is 0 Å². The average Bonchev–Trinajstić information content (AvgIpc) is 3.04. The number of carbonyl (C=O) groups excluding carboxylic acids is 1. The third-order valence-corrected chi connectivity index (χ3v) is 4.96. The Balaban J connectivity index is 2.20. The SMILES string of the molecule is O=C=NC1(c2c3ccoc3c(Br)c3ccoc23)CCC1. The summed E-state index contributed by atoms with van der Waals surface area (Å²) in [5, 5.41) is 1.88. The van der Waals surface area contributed by atoms with Crippen LogP contribution in [0.4, 0.5) is 0 Å². The Kier molecular flexibility index (Phi) is 2.43. The molecule has 4 rings (SSSR count). The smallest absolute Gasteiger partial charge is 0.235 e. The second-order valence-corrected chi connectivity index (χ2v) is 5.90. The summed E-state index contributed by atoms with van der Waals surface area (Å²) >= 11 is 3.56. The van der Waals surface area contributed by atoms with Crippen molar-refractivity contribution in [2.75, 3.05) is 0 Å². The van der Waals surface area contributed by atoms with Gasteiger partial charge in [-0.1, -0.05) is 0 Å². The molecule has 20 heavy (non-hydrogen) atoms. The number of hydrogen-bond donors (Lipinski definition) is 0. The van der Waals surface area contributed by atoms with Gasteiger partial charge in [0.15, 0.2) is 0 Å². The van der Waals surface area contributed by atoms with Gasteiger partial charge in [-0.2, -0.15) is 4.99 Å². The monoisotopic (exact) mass is 331 g/mol. The lowest BCUT2D eigenvalue weighted by atomic mass is 9.71. The van der Waals surface area contributed by atoms with E-state index in [4.69, 9.17) is 8.83 Å². The molecule has 2 heterocycles. The molecule has 3 aromatic rings. The lowest BCUT2D eigenvalue weighted by Crippen LogP contribution is -2.32. The quantitative estimate of drug-likeness (QED) is 0.507. The van der Waals surface area contributed by atoms with E-state index in [9.17, 15) is 4.79 Å². The molecule has 1 aromatic carbocycles. The molecule has 0 aliphatic heterocycles. The van der Waals surface area contributed by atoms with Gasteiger partial charge in [-0.3, -0.25) is 0 Å². The van der Waals surface area contributed by atoms with E-state index >= 15 is 0 Å². The minimum atomic E-state index is -0.513. The van der Waals surface area contributed by atoms with E-state index in [0.717, 1.165) is 51.2 Å². The fraction of sp³-hybridized carbons (Fsp3) is 0.267. The van der Waals surface area contributed by atoms with Gasteiger partial charge in [-0.15, -0.1) is 0 Å². The summed E-state index contributed by atoms with van der Waals surface area (Å²) in [4.78, 5) is 14.9. The van der Waals surface area contributed by atoms with Gasteiger partial charge in [0.25, 0.3) is 0 Å². The Hall–Kier alpha value is -1.84. The van der Waals surface area contributed by atoms with E-state index in [1.165, 1.54) is 0 Å². The molecule has 0 unspecified atom stereocenters. The average molecular weight is 332 g/mol. The van der Waals surface area contributed by atoms with Crippen LogP contribution in [0, 0.1) is 0 Å². The van der Waals surface area contributed by atoms with Gasteiger partial charge in [0.1, 0.15) is 16.7 Å². The van der Waals surface area contributed by atoms with E-state index in [1.54, 1.807) is 18.6 Å². The van der Waals surface area contributed by atoms with E-state index in [2.05, 4.69) is 20.9 Å². The molecule has 0 amide bonds. The first-order valence-electron chi connectivity index (χ1n) is 6.42. The second-order valence-electron chi connectivity index (χ2n) is 5.10. The fourth-order valence-corrected chi connectivity index (χ4v) is 3.69. The Morgan fingerprint density at radius 1 is 1.15 bits per heavy atom. The Morgan fingerprint density at radius 3 is 2.50 bits per heavy atom. The van der Waals surface area contributed by atoms with Crippen molar-refractivity contribution in [1.29, 1.82) is 0 Å². The van der Waals surface area contributed by atoms with Crippen molar-refractivity contribution in [2.24, 2.45) is 4.99 Å². The van der Waals surface area contributed by atoms with E-state index in [-0.39, 0.29) is 0 Å². The first-order chi connectivity index (χ1) is 9.77. The van der Waals surface area contributed by atoms with Gasteiger partial charge in [0.2, 0.25) is 6.08 Å². The van der Waals surface area contributed by atoms with E-state index in [1.807, 2.05) is 12.1 Å². The Bertz CT molecular complexity index is 814. The molecule has 0 spiro atoms. The lowest BCUT2D eigenvalue weighted by Gasteiger charge is -2.37. The number of aliphatic imine (C=N–C) groups is 1. The number of furan rings is 2. The molecule has 1 fully saturated rings. The molecule has 1 aliphatic rings. The Labute approximate surface area is 122 Å². The van der Waals surface area contributed by atoms with Crippen molar-refractivity contribution in [3.63, 3.8) is 0 Å². The van der Waals surface area contributed by atoms with Crippen LogP contribution in [0.5, 0.6) is 0 Å². The number of nitrogens with zero attached hydrogens (tertiary/aromatic N) is 1. The predicted octanol–water partition coefficient (Wildman–Crippen LogP) is 4.66. The number of fused-ring (bicyclic) bond motifs is 2. The molecule has 1 aliphatic carbocycles. The maximum absolute atomic E-state index is 10.8. The number of rotatable bonds is 2. The normalized spacial score (nSPS) is 17.1. The molecule has 1 saturated carbocycles. The second kappa shape index (κ2) is 4.08. The predicted molar refractivity (Wildman–Crippen MR) is 77.3 cm³/mol. The molecule has 5 heteroatoms. The molecule has 4 nitrogen and oxygen atoms in total. The standard InChI is InChI=1S/C15H10BrNO3/c16-12-10-3-7-19-13(10)11(9-2-6-20-14(9)12)15(17-8-18)4-1-5-15/h2-3,6-7H,1,4-5H2. The van der Waals surface area contributed by atoms with Gasteiger partial charge in [0, 0.05) is 16.3 Å². The molecular weight excluding hydrogens is 322 g/mol. The summed E-state index contributed by atoms with van der Waals surface area (Å²) in [6, 6.07) is 3.79. The van der Waals surface area contributed by atoms with Crippen LogP contribution in [0.15, 0.2) is 43.0 Å². The summed E-state index contributed by atoms with van der Waals surface area (Å²) in [5.41, 5.74) is 1.96. The minimum Gasteiger partial charge on any atom is -0.464 e. The minimum absolute atomic E-state index is 0.513. The van der Waals surface area contributed by atoms with Crippen LogP contribution in [-0.4, -0.2) is 6.08 Å². The zero-order chi connectivity index (χ0) is 13.7. The zero-order valence-corrected chi connectivity index (χ0v) is 12.1. The van der Waals surface area contributed by atoms with Crippen molar-refractivity contribution in [3.05, 3.63) is 34.7 Å². The highest BCUT2D eigenvalue weighted by Crippen LogP contribution is 2.51. The molecule has 100 valence electrons. The first kappa shape index (κ1) is 11.9. The summed E-state index contributed by atoms with van der Waals surface area (Å²) in [6.07, 6.45) is 7.73. The topological polar surface area (TPSA) is 55.7 Å². The number of halogens is 1.